The van der Waals surface area contributed by atoms with Crippen LogP contribution in [0.5, 0.6) is 0 Å². The van der Waals surface area contributed by atoms with Crippen LogP contribution < -0.4 is 10.6 Å². The Balaban J connectivity index is 1.92. The molecule has 0 aliphatic carbocycles. The zero-order valence-corrected chi connectivity index (χ0v) is 14.7. The van der Waals surface area contributed by atoms with Crippen molar-refractivity contribution in [2.45, 2.75) is 19.8 Å². The molecule has 0 radical (unpaired) electrons. The molecule has 5 heteroatoms. The molecule has 3 rings (SSSR count). The number of anilines is 3. The molecule has 0 atom stereocenters. The van der Waals surface area contributed by atoms with Crippen molar-refractivity contribution in [1.82, 2.24) is 9.97 Å². The summed E-state index contributed by atoms with van der Waals surface area (Å²) in [4.78, 5) is 9.27. The molecule has 2 aromatic carbocycles. The molecule has 1 aromatic heterocycles. The molecular weight excluding hydrogens is 322 g/mol. The SMILES string of the molecule is CCCCNc1cc(Nc2cccc(C#N)c2)nc(-c2ccccc2)n1. The summed E-state index contributed by atoms with van der Waals surface area (Å²) >= 11 is 0. The molecule has 0 saturated carbocycles. The molecule has 5 nitrogen and oxygen atoms in total. The molecule has 2 N–H and O–H groups in total. The lowest BCUT2D eigenvalue weighted by Gasteiger charge is -2.12. The van der Waals surface area contributed by atoms with Crippen molar-refractivity contribution in [3.05, 3.63) is 66.2 Å². The van der Waals surface area contributed by atoms with E-state index >= 15 is 0 Å². The van der Waals surface area contributed by atoms with Gasteiger partial charge in [0.25, 0.3) is 0 Å². The van der Waals surface area contributed by atoms with Gasteiger partial charge in [0.2, 0.25) is 0 Å². The van der Waals surface area contributed by atoms with Gasteiger partial charge in [0, 0.05) is 23.9 Å². The Bertz CT molecular complexity index is 900. The molecule has 130 valence electrons. The van der Waals surface area contributed by atoms with Crippen LogP contribution in [0.25, 0.3) is 11.4 Å². The van der Waals surface area contributed by atoms with Crippen molar-refractivity contribution in [2.24, 2.45) is 0 Å². The van der Waals surface area contributed by atoms with Crippen molar-refractivity contribution in [3.8, 4) is 17.5 Å². The van der Waals surface area contributed by atoms with Crippen LogP contribution in [0.1, 0.15) is 25.3 Å². The first kappa shape index (κ1) is 17.4. The van der Waals surface area contributed by atoms with E-state index in [1.165, 1.54) is 0 Å². The molecule has 1 heterocycles. The first-order valence-corrected chi connectivity index (χ1v) is 8.74. The highest BCUT2D eigenvalue weighted by atomic mass is 15.1. The molecule has 0 bridgehead atoms. The zero-order chi connectivity index (χ0) is 18.2. The number of aromatic nitrogens is 2. The van der Waals surface area contributed by atoms with Crippen LogP contribution in [0.15, 0.2) is 60.7 Å². The maximum absolute atomic E-state index is 9.07. The molecule has 3 aromatic rings. The third-order valence-electron chi connectivity index (χ3n) is 3.86. The normalized spacial score (nSPS) is 10.2. The first-order chi connectivity index (χ1) is 12.8. The van der Waals surface area contributed by atoms with Crippen molar-refractivity contribution in [2.75, 3.05) is 17.2 Å². The number of benzene rings is 2. The van der Waals surface area contributed by atoms with Gasteiger partial charge in [-0.1, -0.05) is 49.7 Å². The molecule has 0 unspecified atom stereocenters. The maximum Gasteiger partial charge on any atom is 0.163 e. The van der Waals surface area contributed by atoms with Crippen LogP contribution in [0, 0.1) is 11.3 Å². The zero-order valence-electron chi connectivity index (χ0n) is 14.7. The quantitative estimate of drug-likeness (QED) is 0.592. The van der Waals surface area contributed by atoms with Gasteiger partial charge in [-0.25, -0.2) is 9.97 Å². The van der Waals surface area contributed by atoms with Crippen LogP contribution in [-0.2, 0) is 0 Å². The molecule has 0 spiro atoms. The van der Waals surface area contributed by atoms with E-state index < -0.39 is 0 Å². The third kappa shape index (κ3) is 4.58. The molecule has 0 aliphatic heterocycles. The van der Waals surface area contributed by atoms with E-state index in [1.807, 2.05) is 48.5 Å². The van der Waals surface area contributed by atoms with Crippen LogP contribution in [-0.4, -0.2) is 16.5 Å². The number of hydrogen-bond acceptors (Lipinski definition) is 5. The smallest absolute Gasteiger partial charge is 0.163 e. The largest absolute Gasteiger partial charge is 0.370 e. The number of unbranched alkanes of at least 4 members (excludes halogenated alkanes) is 1. The number of nitriles is 1. The summed E-state index contributed by atoms with van der Waals surface area (Å²) in [6.45, 7) is 3.03. The first-order valence-electron chi connectivity index (χ1n) is 8.74. The highest BCUT2D eigenvalue weighted by Gasteiger charge is 2.07. The second-order valence-corrected chi connectivity index (χ2v) is 5.93. The standard InChI is InChI=1S/C21H21N5/c1-2-3-12-23-19-14-20(24-18-11-7-8-16(13-18)15-22)26-21(25-19)17-9-5-4-6-10-17/h4-11,13-14H,2-3,12H2,1H3,(H2,23,24,25,26). The van der Waals surface area contributed by atoms with Crippen molar-refractivity contribution in [3.63, 3.8) is 0 Å². The minimum absolute atomic E-state index is 0.605. The van der Waals surface area contributed by atoms with Crippen LogP contribution >= 0.6 is 0 Å². The van der Waals surface area contributed by atoms with Gasteiger partial charge in [0.15, 0.2) is 5.82 Å². The van der Waals surface area contributed by atoms with Gasteiger partial charge in [0.1, 0.15) is 11.6 Å². The molecule has 0 aliphatic rings. The lowest BCUT2D eigenvalue weighted by atomic mass is 10.2. The number of nitrogens with one attached hydrogen (secondary N) is 2. The number of nitrogens with zero attached hydrogens (tertiary/aromatic N) is 3. The summed E-state index contributed by atoms with van der Waals surface area (Å²) in [7, 11) is 0. The molecular formula is C21H21N5. The highest BCUT2D eigenvalue weighted by Crippen LogP contribution is 2.23. The second kappa shape index (κ2) is 8.63. The van der Waals surface area contributed by atoms with Gasteiger partial charge >= 0.3 is 0 Å². The van der Waals surface area contributed by atoms with Crippen molar-refractivity contribution < 1.29 is 0 Å². The predicted octanol–water partition coefficient (Wildman–Crippen LogP) is 4.97. The Morgan fingerprint density at radius 2 is 1.77 bits per heavy atom. The van der Waals surface area contributed by atoms with Gasteiger partial charge < -0.3 is 10.6 Å². The molecule has 0 fully saturated rings. The van der Waals surface area contributed by atoms with Crippen LogP contribution in [0.2, 0.25) is 0 Å². The van der Waals surface area contributed by atoms with E-state index in [4.69, 9.17) is 5.26 Å². The summed E-state index contributed by atoms with van der Waals surface area (Å²) in [6.07, 6.45) is 2.20. The van der Waals surface area contributed by atoms with Crippen molar-refractivity contribution >= 4 is 17.3 Å². The molecule has 26 heavy (non-hydrogen) atoms. The highest BCUT2D eigenvalue weighted by molar-refractivity contribution is 5.65. The van der Waals surface area contributed by atoms with E-state index in [-0.39, 0.29) is 0 Å². The summed E-state index contributed by atoms with van der Waals surface area (Å²) in [5.41, 5.74) is 2.38. The predicted molar refractivity (Wildman–Crippen MR) is 105 cm³/mol. The van der Waals surface area contributed by atoms with Crippen LogP contribution in [0.3, 0.4) is 0 Å². The minimum Gasteiger partial charge on any atom is -0.370 e. The maximum atomic E-state index is 9.07. The monoisotopic (exact) mass is 343 g/mol. The van der Waals surface area contributed by atoms with E-state index in [9.17, 15) is 0 Å². The summed E-state index contributed by atoms with van der Waals surface area (Å²) in [5, 5.41) is 15.7. The third-order valence-corrected chi connectivity index (χ3v) is 3.86. The Morgan fingerprint density at radius 3 is 2.54 bits per heavy atom. The fourth-order valence-electron chi connectivity index (χ4n) is 2.53. The van der Waals surface area contributed by atoms with Gasteiger partial charge in [-0.05, 0) is 24.6 Å². The summed E-state index contributed by atoms with van der Waals surface area (Å²) in [5.74, 6) is 2.13. The van der Waals surface area contributed by atoms with E-state index in [0.29, 0.717) is 17.2 Å². The van der Waals surface area contributed by atoms with Gasteiger partial charge in [0.05, 0.1) is 11.6 Å². The van der Waals surface area contributed by atoms with E-state index in [0.717, 1.165) is 36.5 Å². The average Bonchev–Trinajstić information content (AvgIpc) is 2.69. The fourth-order valence-corrected chi connectivity index (χ4v) is 2.53. The molecule has 0 amide bonds. The minimum atomic E-state index is 0.605. The Labute approximate surface area is 153 Å². The van der Waals surface area contributed by atoms with Crippen molar-refractivity contribution in [1.29, 1.82) is 5.26 Å². The number of rotatable bonds is 7. The fraction of sp³-hybridized carbons (Fsp3) is 0.190. The van der Waals surface area contributed by atoms with Crippen LogP contribution in [0.4, 0.5) is 17.3 Å². The summed E-state index contributed by atoms with van der Waals surface area (Å²) < 4.78 is 0. The van der Waals surface area contributed by atoms with E-state index in [2.05, 4.69) is 33.6 Å². The topological polar surface area (TPSA) is 73.6 Å². The average molecular weight is 343 g/mol. The Kier molecular flexibility index (Phi) is 5.79. The lowest BCUT2D eigenvalue weighted by Crippen LogP contribution is -2.06. The Hall–Kier alpha value is -3.39. The summed E-state index contributed by atoms with van der Waals surface area (Å²) in [6, 6.07) is 21.3. The molecule has 0 saturated heterocycles. The van der Waals surface area contributed by atoms with Gasteiger partial charge in [-0.2, -0.15) is 5.26 Å². The second-order valence-electron chi connectivity index (χ2n) is 5.93. The Morgan fingerprint density at radius 1 is 0.962 bits per heavy atom. The number of hydrogen-bond donors (Lipinski definition) is 2. The van der Waals surface area contributed by atoms with Gasteiger partial charge in [-0.15, -0.1) is 0 Å². The lowest BCUT2D eigenvalue weighted by molar-refractivity contribution is 0.830. The van der Waals surface area contributed by atoms with E-state index in [1.54, 1.807) is 12.1 Å². The van der Waals surface area contributed by atoms with Gasteiger partial charge in [-0.3, -0.25) is 0 Å².